The van der Waals surface area contributed by atoms with E-state index in [9.17, 15) is 4.79 Å². The van der Waals surface area contributed by atoms with Gasteiger partial charge in [0, 0.05) is 6.08 Å². The van der Waals surface area contributed by atoms with E-state index in [1.165, 1.54) is 5.56 Å². The van der Waals surface area contributed by atoms with Crippen LogP contribution in [-0.2, 0) is 22.6 Å². The molecule has 1 N–H and O–H groups in total. The van der Waals surface area contributed by atoms with Gasteiger partial charge in [-0.25, -0.2) is 0 Å². The second-order valence-electron chi connectivity index (χ2n) is 5.63. The minimum absolute atomic E-state index is 0.0163. The highest BCUT2D eigenvalue weighted by atomic mass is 32.2. The van der Waals surface area contributed by atoms with Crippen LogP contribution in [0.15, 0.2) is 48.3 Å². The fraction of sp³-hybridized carbons (Fsp3) is 0.389. The maximum Gasteiger partial charge on any atom is 0.248 e. The quantitative estimate of drug-likeness (QED) is 0.746. The van der Waals surface area contributed by atoms with Gasteiger partial charge in [-0.2, -0.15) is 11.8 Å². The summed E-state index contributed by atoms with van der Waals surface area (Å²) < 4.78 is 5.84. The molecule has 0 aromatic heterocycles. The summed E-state index contributed by atoms with van der Waals surface area (Å²) in [6.45, 7) is 6.45. The molecule has 0 saturated heterocycles. The molecule has 0 spiro atoms. The minimum atomic E-state index is -0.0575. The Balaban J connectivity index is 1.89. The van der Waals surface area contributed by atoms with Gasteiger partial charge in [-0.3, -0.25) is 4.79 Å². The van der Waals surface area contributed by atoms with Crippen molar-refractivity contribution < 1.29 is 9.53 Å². The monoisotopic (exact) mass is 317 g/mol. The normalized spacial score (nSPS) is 17.1. The van der Waals surface area contributed by atoms with E-state index in [0.717, 1.165) is 35.5 Å². The Morgan fingerprint density at radius 3 is 2.64 bits per heavy atom. The van der Waals surface area contributed by atoms with E-state index in [0.29, 0.717) is 6.61 Å². The predicted molar refractivity (Wildman–Crippen MR) is 92.8 cm³/mol. The number of amides is 1. The molecule has 118 valence electrons. The van der Waals surface area contributed by atoms with Crippen LogP contribution in [0.2, 0.25) is 0 Å². The maximum absolute atomic E-state index is 11.5. The van der Waals surface area contributed by atoms with Crippen LogP contribution >= 0.6 is 11.8 Å². The van der Waals surface area contributed by atoms with Crippen molar-refractivity contribution in [3.63, 3.8) is 0 Å². The molecule has 1 amide bonds. The van der Waals surface area contributed by atoms with Crippen molar-refractivity contribution in [2.45, 2.75) is 32.4 Å². The lowest BCUT2D eigenvalue weighted by Crippen LogP contribution is -2.29. The lowest BCUT2D eigenvalue weighted by molar-refractivity contribution is -0.116. The molecule has 2 rings (SSSR count). The SMILES string of the molecule is C=C(C)Cc1ccc(COC2=CC(=O)N[C@H]2CCSC)cc1. The molecule has 1 heterocycles. The Labute approximate surface area is 136 Å². The molecular weight excluding hydrogens is 294 g/mol. The van der Waals surface area contributed by atoms with Crippen molar-refractivity contribution in [3.05, 3.63) is 59.4 Å². The number of allylic oxidation sites excluding steroid dienone is 1. The Morgan fingerprint density at radius 2 is 2.00 bits per heavy atom. The Hall–Kier alpha value is -1.68. The molecule has 4 heteroatoms. The van der Waals surface area contributed by atoms with Gasteiger partial charge in [0.1, 0.15) is 12.4 Å². The second-order valence-corrected chi connectivity index (χ2v) is 6.61. The van der Waals surface area contributed by atoms with E-state index in [4.69, 9.17) is 4.74 Å². The first-order chi connectivity index (χ1) is 10.6. The molecule has 1 aromatic rings. The molecule has 3 nitrogen and oxygen atoms in total. The summed E-state index contributed by atoms with van der Waals surface area (Å²) in [7, 11) is 0. The molecule has 1 aromatic carbocycles. The number of ether oxygens (including phenoxy) is 1. The van der Waals surface area contributed by atoms with Crippen LogP contribution in [0.25, 0.3) is 0 Å². The fourth-order valence-corrected chi connectivity index (χ4v) is 2.85. The fourth-order valence-electron chi connectivity index (χ4n) is 2.38. The zero-order valence-electron chi connectivity index (χ0n) is 13.2. The summed E-state index contributed by atoms with van der Waals surface area (Å²) in [6, 6.07) is 8.36. The number of hydrogen-bond acceptors (Lipinski definition) is 3. The standard InChI is InChI=1S/C18H23NO2S/c1-13(2)10-14-4-6-15(7-5-14)12-21-17-11-18(20)19-16(17)8-9-22-3/h4-7,11,16H,1,8-10,12H2,2-3H3,(H,19,20)/t16-/m0/s1. The van der Waals surface area contributed by atoms with Crippen LogP contribution < -0.4 is 5.32 Å². The van der Waals surface area contributed by atoms with Crippen molar-refractivity contribution in [1.29, 1.82) is 0 Å². The van der Waals surface area contributed by atoms with Crippen molar-refractivity contribution in [1.82, 2.24) is 5.32 Å². The van der Waals surface area contributed by atoms with Crippen LogP contribution in [-0.4, -0.2) is 24.0 Å². The van der Waals surface area contributed by atoms with Crippen LogP contribution in [0, 0.1) is 0 Å². The van der Waals surface area contributed by atoms with Crippen LogP contribution in [0.1, 0.15) is 24.5 Å². The summed E-state index contributed by atoms with van der Waals surface area (Å²) >= 11 is 1.77. The van der Waals surface area contributed by atoms with Gasteiger partial charge in [0.05, 0.1) is 6.04 Å². The Bertz CT molecular complexity index is 563. The maximum atomic E-state index is 11.5. The van der Waals surface area contributed by atoms with Gasteiger partial charge >= 0.3 is 0 Å². The molecule has 1 aliphatic heterocycles. The third kappa shape index (κ3) is 4.95. The lowest BCUT2D eigenvalue weighted by atomic mass is 10.1. The first-order valence-electron chi connectivity index (χ1n) is 7.44. The van der Waals surface area contributed by atoms with Gasteiger partial charge in [-0.05, 0) is 42.9 Å². The average molecular weight is 317 g/mol. The van der Waals surface area contributed by atoms with E-state index in [1.54, 1.807) is 17.8 Å². The minimum Gasteiger partial charge on any atom is -0.491 e. The van der Waals surface area contributed by atoms with E-state index in [1.807, 2.05) is 6.92 Å². The van der Waals surface area contributed by atoms with E-state index in [2.05, 4.69) is 42.4 Å². The third-order valence-electron chi connectivity index (χ3n) is 3.48. The average Bonchev–Trinajstić information content (AvgIpc) is 2.84. The van der Waals surface area contributed by atoms with Crippen molar-refractivity contribution in [2.24, 2.45) is 0 Å². The zero-order valence-corrected chi connectivity index (χ0v) is 14.0. The molecule has 0 fully saturated rings. The number of rotatable bonds is 8. The van der Waals surface area contributed by atoms with Crippen LogP contribution in [0.4, 0.5) is 0 Å². The Kier molecular flexibility index (Phi) is 6.13. The van der Waals surface area contributed by atoms with Crippen molar-refractivity contribution in [3.8, 4) is 0 Å². The first kappa shape index (κ1) is 16.7. The predicted octanol–water partition coefficient (Wildman–Crippen LogP) is 3.46. The number of carbonyl (C=O) groups excluding carboxylic acids is 1. The van der Waals surface area contributed by atoms with Gasteiger partial charge in [-0.15, -0.1) is 0 Å². The highest BCUT2D eigenvalue weighted by Crippen LogP contribution is 2.18. The van der Waals surface area contributed by atoms with E-state index >= 15 is 0 Å². The summed E-state index contributed by atoms with van der Waals surface area (Å²) in [5, 5.41) is 2.93. The molecule has 0 saturated carbocycles. The number of benzene rings is 1. The topological polar surface area (TPSA) is 38.3 Å². The second kappa shape index (κ2) is 8.08. The number of carbonyl (C=O) groups is 1. The summed E-state index contributed by atoms with van der Waals surface area (Å²) in [5.41, 5.74) is 3.52. The molecule has 1 atom stereocenters. The van der Waals surface area contributed by atoms with E-state index < -0.39 is 0 Å². The highest BCUT2D eigenvalue weighted by molar-refractivity contribution is 7.98. The molecule has 0 radical (unpaired) electrons. The molecule has 0 unspecified atom stereocenters. The van der Waals surface area contributed by atoms with Gasteiger partial charge in [0.2, 0.25) is 5.91 Å². The van der Waals surface area contributed by atoms with E-state index in [-0.39, 0.29) is 11.9 Å². The van der Waals surface area contributed by atoms with Crippen LogP contribution in [0.3, 0.4) is 0 Å². The molecule has 0 bridgehead atoms. The van der Waals surface area contributed by atoms with Gasteiger partial charge in [-0.1, -0.05) is 36.4 Å². The smallest absolute Gasteiger partial charge is 0.248 e. The third-order valence-corrected chi connectivity index (χ3v) is 4.12. The molecule has 1 aliphatic rings. The molecule has 22 heavy (non-hydrogen) atoms. The van der Waals surface area contributed by atoms with Gasteiger partial charge in [0.25, 0.3) is 0 Å². The molecule has 0 aliphatic carbocycles. The summed E-state index contributed by atoms with van der Waals surface area (Å²) in [4.78, 5) is 11.5. The van der Waals surface area contributed by atoms with Gasteiger partial charge in [0.15, 0.2) is 0 Å². The largest absolute Gasteiger partial charge is 0.491 e. The lowest BCUT2D eigenvalue weighted by Gasteiger charge is -2.16. The molecular formula is C18H23NO2S. The summed E-state index contributed by atoms with van der Waals surface area (Å²) in [6.07, 6.45) is 5.44. The number of hydrogen-bond donors (Lipinski definition) is 1. The number of nitrogens with one attached hydrogen (secondary N) is 1. The van der Waals surface area contributed by atoms with Crippen molar-refractivity contribution >= 4 is 17.7 Å². The summed E-state index contributed by atoms with van der Waals surface area (Å²) in [5.74, 6) is 1.70. The van der Waals surface area contributed by atoms with Crippen molar-refractivity contribution in [2.75, 3.05) is 12.0 Å². The highest BCUT2D eigenvalue weighted by Gasteiger charge is 2.24. The Morgan fingerprint density at radius 1 is 1.32 bits per heavy atom. The zero-order chi connectivity index (χ0) is 15.9. The van der Waals surface area contributed by atoms with Crippen LogP contribution in [0.5, 0.6) is 0 Å². The number of thioether (sulfide) groups is 1. The van der Waals surface area contributed by atoms with Gasteiger partial charge < -0.3 is 10.1 Å². The first-order valence-corrected chi connectivity index (χ1v) is 8.84.